The van der Waals surface area contributed by atoms with Crippen LogP contribution in [-0.2, 0) is 16.3 Å². The van der Waals surface area contributed by atoms with Crippen molar-refractivity contribution >= 4 is 25.8 Å². The van der Waals surface area contributed by atoms with E-state index in [0.717, 1.165) is 10.0 Å². The summed E-state index contributed by atoms with van der Waals surface area (Å²) in [5, 5.41) is 0. The molecule has 90 valence electrons. The summed E-state index contributed by atoms with van der Waals surface area (Å²) < 4.78 is 23.3. The first-order chi connectivity index (χ1) is 7.40. The quantitative estimate of drug-likeness (QED) is 0.625. The van der Waals surface area contributed by atoms with E-state index in [1.54, 1.807) is 0 Å². The van der Waals surface area contributed by atoms with Crippen LogP contribution in [-0.4, -0.2) is 26.5 Å². The van der Waals surface area contributed by atoms with Crippen LogP contribution in [0.5, 0.6) is 0 Å². The average Bonchev–Trinajstić information content (AvgIpc) is 2.18. The van der Waals surface area contributed by atoms with Crippen LogP contribution in [0.2, 0.25) is 0 Å². The topological polar surface area (TPSA) is 72.2 Å². The molecule has 0 fully saturated rings. The fourth-order valence-corrected chi connectivity index (χ4v) is 2.65. The summed E-state index contributed by atoms with van der Waals surface area (Å²) in [7, 11) is -3.02. The van der Waals surface area contributed by atoms with Gasteiger partial charge in [-0.1, -0.05) is 28.1 Å². The second-order valence-corrected chi connectivity index (χ2v) is 6.89. The molecule has 0 aromatic heterocycles. The van der Waals surface area contributed by atoms with E-state index in [1.165, 1.54) is 6.26 Å². The SMILES string of the molecule is CS(=O)(=O)CC(Cc1ccc(Br)cc1)NN. The second-order valence-electron chi connectivity index (χ2n) is 3.79. The Morgan fingerprint density at radius 3 is 2.38 bits per heavy atom. The van der Waals surface area contributed by atoms with Gasteiger partial charge in [0.15, 0.2) is 0 Å². The van der Waals surface area contributed by atoms with Crippen molar-refractivity contribution in [3.05, 3.63) is 34.3 Å². The van der Waals surface area contributed by atoms with Crippen LogP contribution in [0.15, 0.2) is 28.7 Å². The van der Waals surface area contributed by atoms with Crippen molar-refractivity contribution < 1.29 is 8.42 Å². The Morgan fingerprint density at radius 2 is 1.94 bits per heavy atom. The molecule has 0 radical (unpaired) electrons. The van der Waals surface area contributed by atoms with Gasteiger partial charge in [0.2, 0.25) is 0 Å². The first kappa shape index (κ1) is 13.6. The third-order valence-corrected chi connectivity index (χ3v) is 3.67. The second kappa shape index (κ2) is 5.77. The number of nitrogens with two attached hydrogens (primary N) is 1. The smallest absolute Gasteiger partial charge is 0.149 e. The average molecular weight is 307 g/mol. The third kappa shape index (κ3) is 5.07. The highest BCUT2D eigenvalue weighted by atomic mass is 79.9. The van der Waals surface area contributed by atoms with Crippen LogP contribution >= 0.6 is 15.9 Å². The zero-order chi connectivity index (χ0) is 12.2. The number of rotatable bonds is 5. The molecule has 0 bridgehead atoms. The number of hydrogen-bond donors (Lipinski definition) is 2. The molecular formula is C10H15BrN2O2S. The van der Waals surface area contributed by atoms with E-state index >= 15 is 0 Å². The van der Waals surface area contributed by atoms with Gasteiger partial charge in [-0.15, -0.1) is 0 Å². The van der Waals surface area contributed by atoms with Gasteiger partial charge < -0.3 is 0 Å². The van der Waals surface area contributed by atoms with Crippen molar-refractivity contribution in [2.45, 2.75) is 12.5 Å². The van der Waals surface area contributed by atoms with E-state index in [0.29, 0.717) is 6.42 Å². The highest BCUT2D eigenvalue weighted by molar-refractivity contribution is 9.10. The Balaban J connectivity index is 2.67. The van der Waals surface area contributed by atoms with Gasteiger partial charge in [-0.2, -0.15) is 0 Å². The van der Waals surface area contributed by atoms with Crippen molar-refractivity contribution in [3.63, 3.8) is 0 Å². The summed E-state index contributed by atoms with van der Waals surface area (Å²) in [5.74, 6) is 5.38. The first-order valence-corrected chi connectivity index (χ1v) is 7.64. The van der Waals surface area contributed by atoms with Gasteiger partial charge >= 0.3 is 0 Å². The van der Waals surface area contributed by atoms with Gasteiger partial charge in [0.05, 0.1) is 5.75 Å². The summed E-state index contributed by atoms with van der Waals surface area (Å²) >= 11 is 3.34. The number of nitrogens with one attached hydrogen (secondary N) is 1. The molecule has 0 saturated heterocycles. The molecule has 16 heavy (non-hydrogen) atoms. The summed E-state index contributed by atoms with van der Waals surface area (Å²) in [6.07, 6.45) is 1.80. The van der Waals surface area contributed by atoms with Crippen molar-refractivity contribution in [2.24, 2.45) is 5.84 Å². The maximum atomic E-state index is 11.1. The largest absolute Gasteiger partial charge is 0.271 e. The number of sulfone groups is 1. The van der Waals surface area contributed by atoms with Crippen molar-refractivity contribution in [2.75, 3.05) is 12.0 Å². The van der Waals surface area contributed by atoms with Crippen molar-refractivity contribution in [1.29, 1.82) is 0 Å². The normalized spacial score (nSPS) is 13.7. The van der Waals surface area contributed by atoms with E-state index in [4.69, 9.17) is 5.84 Å². The van der Waals surface area contributed by atoms with Gasteiger partial charge in [0.1, 0.15) is 9.84 Å². The lowest BCUT2D eigenvalue weighted by Crippen LogP contribution is -2.41. The molecule has 1 atom stereocenters. The highest BCUT2D eigenvalue weighted by Crippen LogP contribution is 2.12. The fourth-order valence-electron chi connectivity index (χ4n) is 1.44. The van der Waals surface area contributed by atoms with Crippen LogP contribution in [0.1, 0.15) is 5.56 Å². The number of hydrazine groups is 1. The predicted molar refractivity (Wildman–Crippen MR) is 68.7 cm³/mol. The molecule has 0 aliphatic rings. The molecule has 0 saturated carbocycles. The molecule has 3 N–H and O–H groups in total. The fraction of sp³-hybridized carbons (Fsp3) is 0.400. The maximum absolute atomic E-state index is 11.1. The molecule has 0 heterocycles. The van der Waals surface area contributed by atoms with E-state index < -0.39 is 9.84 Å². The minimum Gasteiger partial charge on any atom is -0.271 e. The van der Waals surface area contributed by atoms with E-state index in [9.17, 15) is 8.42 Å². The number of benzene rings is 1. The van der Waals surface area contributed by atoms with Crippen molar-refractivity contribution in [3.8, 4) is 0 Å². The third-order valence-electron chi connectivity index (χ3n) is 2.13. The minimum absolute atomic E-state index is 0.0412. The van der Waals surface area contributed by atoms with Gasteiger partial charge in [-0.25, -0.2) is 8.42 Å². The maximum Gasteiger partial charge on any atom is 0.149 e. The molecular weight excluding hydrogens is 292 g/mol. The molecule has 0 aliphatic heterocycles. The molecule has 6 heteroatoms. The molecule has 1 rings (SSSR count). The lowest BCUT2D eigenvalue weighted by molar-refractivity contribution is 0.546. The van der Waals surface area contributed by atoms with Crippen LogP contribution in [0.4, 0.5) is 0 Å². The molecule has 0 aliphatic carbocycles. The Kier molecular flexibility index (Phi) is 4.91. The standard InChI is InChI=1S/C10H15BrN2O2S/c1-16(14,15)7-10(13-12)6-8-2-4-9(11)5-3-8/h2-5,10,13H,6-7,12H2,1H3. The van der Waals surface area contributed by atoms with E-state index in [-0.39, 0.29) is 11.8 Å². The van der Waals surface area contributed by atoms with Gasteiger partial charge in [0.25, 0.3) is 0 Å². The lowest BCUT2D eigenvalue weighted by atomic mass is 10.1. The van der Waals surface area contributed by atoms with Gasteiger partial charge in [-0.3, -0.25) is 11.3 Å². The zero-order valence-electron chi connectivity index (χ0n) is 8.98. The molecule has 1 aromatic carbocycles. The van der Waals surface area contributed by atoms with E-state index in [2.05, 4.69) is 21.4 Å². The first-order valence-electron chi connectivity index (χ1n) is 4.79. The number of hydrogen-bond acceptors (Lipinski definition) is 4. The Hall–Kier alpha value is -0.430. The zero-order valence-corrected chi connectivity index (χ0v) is 11.4. The number of halogens is 1. The monoisotopic (exact) mass is 306 g/mol. The summed E-state index contributed by atoms with van der Waals surface area (Å²) in [6.45, 7) is 0. The van der Waals surface area contributed by atoms with Gasteiger partial charge in [0, 0.05) is 16.8 Å². The molecule has 1 aromatic rings. The molecule has 0 spiro atoms. The molecule has 0 amide bonds. The molecule has 1 unspecified atom stereocenters. The summed E-state index contributed by atoms with van der Waals surface area (Å²) in [6, 6.07) is 7.47. The Morgan fingerprint density at radius 1 is 1.38 bits per heavy atom. The predicted octanol–water partition coefficient (Wildman–Crippen LogP) is 0.868. The lowest BCUT2D eigenvalue weighted by Gasteiger charge is -2.14. The summed E-state index contributed by atoms with van der Waals surface area (Å²) in [4.78, 5) is 0. The van der Waals surface area contributed by atoms with Crippen molar-refractivity contribution in [1.82, 2.24) is 5.43 Å². The van der Waals surface area contributed by atoms with Crippen LogP contribution in [0.3, 0.4) is 0 Å². The minimum atomic E-state index is -3.02. The summed E-state index contributed by atoms with van der Waals surface area (Å²) in [5.41, 5.74) is 3.58. The Bertz CT molecular complexity index is 431. The van der Waals surface area contributed by atoms with E-state index in [1.807, 2.05) is 24.3 Å². The van der Waals surface area contributed by atoms with Crippen LogP contribution in [0.25, 0.3) is 0 Å². The van der Waals surface area contributed by atoms with Crippen LogP contribution < -0.4 is 11.3 Å². The van der Waals surface area contributed by atoms with Crippen LogP contribution in [0, 0.1) is 0 Å². The molecule has 4 nitrogen and oxygen atoms in total. The van der Waals surface area contributed by atoms with Gasteiger partial charge in [-0.05, 0) is 24.1 Å². The Labute approximate surface area is 104 Å². The highest BCUT2D eigenvalue weighted by Gasteiger charge is 2.14.